The van der Waals surface area contributed by atoms with Crippen molar-refractivity contribution in [3.8, 4) is 11.1 Å². The number of rotatable bonds is 5. The summed E-state index contributed by atoms with van der Waals surface area (Å²) in [4.78, 5) is 14.3. The number of halogens is 3. The minimum Gasteiger partial charge on any atom is -0.391 e. The summed E-state index contributed by atoms with van der Waals surface area (Å²) in [6.07, 6.45) is -0.0146. The summed E-state index contributed by atoms with van der Waals surface area (Å²) >= 11 is 0. The fourth-order valence-corrected chi connectivity index (χ4v) is 5.27. The number of hydrogen-bond acceptors (Lipinski definition) is 4. The number of nitrogens with one attached hydrogen (secondary N) is 1. The van der Waals surface area contributed by atoms with Gasteiger partial charge in [0.05, 0.1) is 23.8 Å². The topological polar surface area (TPSA) is 86.7 Å². The van der Waals surface area contributed by atoms with Crippen LogP contribution in [-0.4, -0.2) is 55.8 Å². The molecule has 1 amide bonds. The summed E-state index contributed by atoms with van der Waals surface area (Å²) in [6, 6.07) is 8.59. The first kappa shape index (κ1) is 22.8. The van der Waals surface area contributed by atoms with Crippen molar-refractivity contribution in [1.82, 2.24) is 9.62 Å². The van der Waals surface area contributed by atoms with E-state index in [4.69, 9.17) is 0 Å². The summed E-state index contributed by atoms with van der Waals surface area (Å²) in [5.41, 5.74) is -2.42. The van der Waals surface area contributed by atoms with Gasteiger partial charge in [0.25, 0.3) is 0 Å². The number of β-amino-alcohol motifs (C(OH)–C–C–N with tert-alkyl or cyclic N) is 1. The lowest BCUT2D eigenvalue weighted by molar-refractivity contribution is -0.137. The van der Waals surface area contributed by atoms with Crippen LogP contribution in [0.25, 0.3) is 11.1 Å². The molecule has 1 saturated heterocycles. The van der Waals surface area contributed by atoms with Crippen molar-refractivity contribution >= 4 is 15.9 Å². The van der Waals surface area contributed by atoms with Gasteiger partial charge in [-0.1, -0.05) is 30.3 Å². The number of carbonyl (C=O) groups is 1. The Morgan fingerprint density at radius 3 is 2.44 bits per heavy atom. The van der Waals surface area contributed by atoms with Crippen LogP contribution in [0.4, 0.5) is 13.2 Å². The van der Waals surface area contributed by atoms with Crippen LogP contribution in [0.15, 0.2) is 42.5 Å². The minimum atomic E-state index is -3.56. The molecule has 32 heavy (non-hydrogen) atoms. The zero-order valence-electron chi connectivity index (χ0n) is 17.3. The van der Waals surface area contributed by atoms with Gasteiger partial charge in [0.2, 0.25) is 15.9 Å². The van der Waals surface area contributed by atoms with E-state index in [1.165, 1.54) is 35.2 Å². The second-order valence-corrected chi connectivity index (χ2v) is 10.3. The fraction of sp³-hybridized carbons (Fsp3) is 0.409. The highest BCUT2D eigenvalue weighted by Gasteiger charge is 2.62. The Balaban J connectivity index is 1.59. The summed E-state index contributed by atoms with van der Waals surface area (Å²) in [7, 11) is -3.56. The van der Waals surface area contributed by atoms with Gasteiger partial charge in [-0.05, 0) is 29.7 Å². The van der Waals surface area contributed by atoms with Crippen LogP contribution >= 0.6 is 0 Å². The largest absolute Gasteiger partial charge is 0.391 e. The molecule has 2 N–H and O–H groups in total. The number of amides is 1. The van der Waals surface area contributed by atoms with E-state index < -0.39 is 51.3 Å². The molecular weight excluding hydrogens is 445 g/mol. The number of piperidine rings is 1. The molecule has 2 aromatic carbocycles. The summed E-state index contributed by atoms with van der Waals surface area (Å²) in [6.45, 7) is -0.0456. The van der Waals surface area contributed by atoms with E-state index in [9.17, 15) is 27.1 Å². The predicted molar refractivity (Wildman–Crippen MR) is 112 cm³/mol. The number of nitrogens with zero attached hydrogens (tertiary/aromatic N) is 1. The molecule has 1 heterocycles. The van der Waals surface area contributed by atoms with Gasteiger partial charge < -0.3 is 10.0 Å². The zero-order valence-corrected chi connectivity index (χ0v) is 18.1. The Bertz CT molecular complexity index is 1140. The van der Waals surface area contributed by atoms with Crippen LogP contribution in [0, 0.1) is 17.6 Å². The van der Waals surface area contributed by atoms with E-state index in [0.717, 1.165) is 18.4 Å². The van der Waals surface area contributed by atoms with Crippen molar-refractivity contribution in [2.45, 2.75) is 30.7 Å². The summed E-state index contributed by atoms with van der Waals surface area (Å²) in [5, 5.41) is 10.1. The minimum absolute atomic E-state index is 0.000861. The third-order valence-electron chi connectivity index (χ3n) is 5.92. The van der Waals surface area contributed by atoms with Gasteiger partial charge in [0.1, 0.15) is 17.3 Å². The van der Waals surface area contributed by atoms with E-state index in [-0.39, 0.29) is 42.6 Å². The smallest absolute Gasteiger partial charge is 0.229 e. The van der Waals surface area contributed by atoms with E-state index in [2.05, 4.69) is 4.72 Å². The molecule has 6 nitrogen and oxygen atoms in total. The lowest BCUT2D eigenvalue weighted by atomic mass is 9.93. The molecule has 2 aliphatic rings. The maximum absolute atomic E-state index is 15.9. The first-order valence-corrected chi connectivity index (χ1v) is 12.1. The lowest BCUT2D eigenvalue weighted by Crippen LogP contribution is -2.54. The zero-order chi connectivity index (χ0) is 23.3. The van der Waals surface area contributed by atoms with Gasteiger partial charge in [-0.3, -0.25) is 4.79 Å². The van der Waals surface area contributed by atoms with Crippen molar-refractivity contribution in [2.75, 3.05) is 19.3 Å². The van der Waals surface area contributed by atoms with Gasteiger partial charge in [0.15, 0.2) is 0 Å². The molecule has 4 rings (SSSR count). The first-order chi connectivity index (χ1) is 15.0. The molecule has 1 saturated carbocycles. The van der Waals surface area contributed by atoms with Gasteiger partial charge in [-0.25, -0.2) is 26.3 Å². The lowest BCUT2D eigenvalue weighted by Gasteiger charge is -2.36. The highest BCUT2D eigenvalue weighted by Crippen LogP contribution is 2.58. The molecule has 10 heteroatoms. The number of aliphatic hydroxyl groups excluding tert-OH is 1. The molecule has 172 valence electrons. The molecule has 1 aliphatic carbocycles. The van der Waals surface area contributed by atoms with Crippen molar-refractivity contribution in [1.29, 1.82) is 0 Å². The SMILES string of the molecule is CS(=O)(=O)N[C@H]1C[C@H](O)CN(C(=O)[C@@H]2C[C@@]2(F)c2ccccc2-c2c(F)cccc2F)C1. The van der Waals surface area contributed by atoms with Crippen molar-refractivity contribution in [3.63, 3.8) is 0 Å². The maximum Gasteiger partial charge on any atom is 0.229 e. The van der Waals surface area contributed by atoms with Crippen LogP contribution in [0.2, 0.25) is 0 Å². The molecular formula is C22H23F3N2O4S. The predicted octanol–water partition coefficient (Wildman–Crippen LogP) is 2.33. The van der Waals surface area contributed by atoms with E-state index in [1.807, 2.05) is 0 Å². The number of aliphatic hydroxyl groups is 1. The molecule has 2 aromatic rings. The van der Waals surface area contributed by atoms with Gasteiger partial charge in [0, 0.05) is 25.6 Å². The van der Waals surface area contributed by atoms with E-state index in [0.29, 0.717) is 0 Å². The Hall–Kier alpha value is -2.43. The molecule has 2 fully saturated rings. The van der Waals surface area contributed by atoms with E-state index >= 15 is 4.39 Å². The molecule has 4 atom stereocenters. The highest BCUT2D eigenvalue weighted by atomic mass is 32.2. The van der Waals surface area contributed by atoms with Crippen LogP contribution in [0.1, 0.15) is 18.4 Å². The number of benzene rings is 2. The molecule has 0 unspecified atom stereocenters. The van der Waals surface area contributed by atoms with Crippen LogP contribution in [0.5, 0.6) is 0 Å². The van der Waals surface area contributed by atoms with Crippen LogP contribution in [-0.2, 0) is 20.5 Å². The Morgan fingerprint density at radius 1 is 1.12 bits per heavy atom. The Morgan fingerprint density at radius 2 is 1.78 bits per heavy atom. The average Bonchev–Trinajstić information content (AvgIpc) is 3.38. The van der Waals surface area contributed by atoms with Crippen LogP contribution < -0.4 is 4.72 Å². The van der Waals surface area contributed by atoms with Gasteiger partial charge in [-0.15, -0.1) is 0 Å². The monoisotopic (exact) mass is 468 g/mol. The Kier molecular flexibility index (Phi) is 5.81. The molecule has 0 aromatic heterocycles. The quantitative estimate of drug-likeness (QED) is 0.705. The maximum atomic E-state index is 15.9. The van der Waals surface area contributed by atoms with Gasteiger partial charge in [-0.2, -0.15) is 0 Å². The summed E-state index contributed by atoms with van der Waals surface area (Å²) in [5.74, 6) is -3.34. The summed E-state index contributed by atoms with van der Waals surface area (Å²) < 4.78 is 70.1. The highest BCUT2D eigenvalue weighted by molar-refractivity contribution is 7.88. The normalized spacial score (nSPS) is 27.9. The van der Waals surface area contributed by atoms with Crippen molar-refractivity contribution < 1.29 is 31.5 Å². The van der Waals surface area contributed by atoms with Crippen molar-refractivity contribution in [2.24, 2.45) is 5.92 Å². The molecule has 0 spiro atoms. The van der Waals surface area contributed by atoms with Gasteiger partial charge >= 0.3 is 0 Å². The third-order valence-corrected chi connectivity index (χ3v) is 6.68. The second kappa shape index (κ2) is 8.17. The number of carbonyl (C=O) groups excluding carboxylic acids is 1. The molecule has 0 radical (unpaired) electrons. The van der Waals surface area contributed by atoms with Crippen LogP contribution in [0.3, 0.4) is 0 Å². The van der Waals surface area contributed by atoms with E-state index in [1.54, 1.807) is 0 Å². The number of likely N-dealkylation sites (tertiary alicyclic amines) is 1. The fourth-order valence-electron chi connectivity index (χ4n) is 4.50. The Labute approximate surface area is 184 Å². The number of sulfonamides is 1. The second-order valence-electron chi connectivity index (χ2n) is 8.48. The number of hydrogen-bond donors (Lipinski definition) is 2. The number of alkyl halides is 1. The average molecular weight is 468 g/mol. The first-order valence-electron chi connectivity index (χ1n) is 10.2. The standard InChI is InChI=1S/C22H23F3N2O4S/c1-32(30,31)26-13-9-14(28)12-27(11-13)21(29)17-10-22(17,25)16-6-3-2-5-15(16)20-18(23)7-4-8-19(20)24/h2-8,13-14,17,26,28H,9-12H2,1H3/t13-,14-,17-,22+/m0/s1. The van der Waals surface area contributed by atoms with Crippen molar-refractivity contribution in [3.05, 3.63) is 59.7 Å². The third kappa shape index (κ3) is 4.39. The molecule has 1 aliphatic heterocycles. The molecule has 0 bridgehead atoms.